The van der Waals surface area contributed by atoms with Crippen molar-refractivity contribution in [1.82, 2.24) is 9.88 Å². The summed E-state index contributed by atoms with van der Waals surface area (Å²) in [4.78, 5) is 37.9. The fourth-order valence-corrected chi connectivity index (χ4v) is 4.40. The zero-order valence-corrected chi connectivity index (χ0v) is 24.4. The van der Waals surface area contributed by atoms with E-state index in [1.807, 2.05) is 22.6 Å². The van der Waals surface area contributed by atoms with E-state index in [9.17, 15) is 18.8 Å². The molecule has 0 unspecified atom stereocenters. The smallest absolute Gasteiger partial charge is 0.409 e. The van der Waals surface area contributed by atoms with Gasteiger partial charge in [0.05, 0.1) is 18.5 Å². The van der Waals surface area contributed by atoms with Crippen molar-refractivity contribution < 1.29 is 28.6 Å². The van der Waals surface area contributed by atoms with E-state index in [2.05, 4.69) is 16.0 Å². The molecule has 0 spiro atoms. The summed E-state index contributed by atoms with van der Waals surface area (Å²) in [5.74, 6) is -0.419. The van der Waals surface area contributed by atoms with Crippen LogP contribution in [-0.2, 0) is 13.6 Å². The highest BCUT2D eigenvalue weighted by molar-refractivity contribution is 14.1. The Morgan fingerprint density at radius 1 is 1.02 bits per heavy atom. The van der Waals surface area contributed by atoms with Crippen LogP contribution in [0.3, 0.4) is 0 Å². The van der Waals surface area contributed by atoms with Crippen LogP contribution in [0.2, 0.25) is 0 Å². The van der Waals surface area contributed by atoms with Crippen LogP contribution in [0.4, 0.5) is 26.4 Å². The number of pyridine rings is 1. The number of nitrogens with zero attached hydrogens (tertiary/aromatic N) is 1. The standard InChI is InChI=1S/C29H26FIN4O6/c1-16-21(34-29(38)39)5-4-6-23(16)41-24-14-25(36)35(2)27(33-22-12-9-18(31)13-20(22)30)26(24)28(37)32-15-17-7-10-19(40-3)11-8-17/h4-14,33-34H,15H2,1-3H3,(H,32,37)(H,38,39). The van der Waals surface area contributed by atoms with Crippen LogP contribution in [0.5, 0.6) is 17.2 Å². The van der Waals surface area contributed by atoms with Crippen LogP contribution in [0.1, 0.15) is 21.5 Å². The Morgan fingerprint density at radius 2 is 1.76 bits per heavy atom. The first-order valence-corrected chi connectivity index (χ1v) is 13.3. The minimum Gasteiger partial charge on any atom is -0.497 e. The molecule has 0 atom stereocenters. The van der Waals surface area contributed by atoms with Gasteiger partial charge in [-0.1, -0.05) is 18.2 Å². The second kappa shape index (κ2) is 12.7. The fraction of sp³-hybridized carbons (Fsp3) is 0.138. The maximum atomic E-state index is 14.8. The predicted molar refractivity (Wildman–Crippen MR) is 161 cm³/mol. The molecule has 0 saturated heterocycles. The van der Waals surface area contributed by atoms with Crippen molar-refractivity contribution in [2.45, 2.75) is 13.5 Å². The molecular weight excluding hydrogens is 646 g/mol. The van der Waals surface area contributed by atoms with Crippen molar-refractivity contribution in [2.75, 3.05) is 17.7 Å². The monoisotopic (exact) mass is 672 g/mol. The van der Waals surface area contributed by atoms with Crippen molar-refractivity contribution in [1.29, 1.82) is 0 Å². The zero-order valence-electron chi connectivity index (χ0n) is 22.2. The molecule has 2 amide bonds. The number of rotatable bonds is 9. The van der Waals surface area contributed by atoms with Gasteiger partial charge in [-0.2, -0.15) is 0 Å². The van der Waals surface area contributed by atoms with Crippen molar-refractivity contribution in [3.63, 3.8) is 0 Å². The van der Waals surface area contributed by atoms with E-state index in [-0.39, 0.29) is 40.8 Å². The van der Waals surface area contributed by atoms with Crippen LogP contribution in [-0.4, -0.2) is 28.8 Å². The number of amides is 2. The van der Waals surface area contributed by atoms with E-state index in [4.69, 9.17) is 14.6 Å². The maximum Gasteiger partial charge on any atom is 0.409 e. The highest BCUT2D eigenvalue weighted by Gasteiger charge is 2.24. The third-order valence-electron chi connectivity index (χ3n) is 6.17. The molecule has 0 radical (unpaired) electrons. The van der Waals surface area contributed by atoms with E-state index in [0.29, 0.717) is 14.9 Å². The van der Waals surface area contributed by atoms with Gasteiger partial charge in [-0.05, 0) is 77.5 Å². The maximum absolute atomic E-state index is 14.8. The summed E-state index contributed by atoms with van der Waals surface area (Å²) >= 11 is 1.98. The fourth-order valence-electron chi connectivity index (χ4n) is 3.95. The summed E-state index contributed by atoms with van der Waals surface area (Å²) in [5, 5.41) is 17.2. The molecule has 0 bridgehead atoms. The summed E-state index contributed by atoms with van der Waals surface area (Å²) < 4.78 is 27.9. The normalized spacial score (nSPS) is 10.6. The van der Waals surface area contributed by atoms with Crippen LogP contribution in [0.25, 0.3) is 0 Å². The lowest BCUT2D eigenvalue weighted by Crippen LogP contribution is -2.29. The lowest BCUT2D eigenvalue weighted by Gasteiger charge is -2.20. The van der Waals surface area contributed by atoms with E-state index >= 15 is 0 Å². The minimum atomic E-state index is -1.26. The van der Waals surface area contributed by atoms with Crippen molar-refractivity contribution >= 4 is 51.8 Å². The van der Waals surface area contributed by atoms with Gasteiger partial charge in [-0.25, -0.2) is 9.18 Å². The molecule has 0 aliphatic heterocycles. The highest BCUT2D eigenvalue weighted by Crippen LogP contribution is 2.35. The number of benzene rings is 3. The molecule has 4 rings (SSSR count). The molecule has 1 aromatic heterocycles. The van der Waals surface area contributed by atoms with Gasteiger partial charge in [-0.15, -0.1) is 0 Å². The number of methoxy groups -OCH3 is 1. The Labute approximate surface area is 248 Å². The molecule has 0 aliphatic rings. The van der Waals surface area contributed by atoms with Gasteiger partial charge in [0.1, 0.15) is 34.4 Å². The number of carbonyl (C=O) groups excluding carboxylic acids is 1. The second-order valence-electron chi connectivity index (χ2n) is 8.87. The number of aromatic nitrogens is 1. The van der Waals surface area contributed by atoms with Gasteiger partial charge in [0.25, 0.3) is 11.5 Å². The SMILES string of the molecule is COc1ccc(CNC(=O)c2c(Oc3cccc(NC(=O)O)c3C)cc(=O)n(C)c2Nc2ccc(I)cc2F)cc1. The Balaban J connectivity index is 1.79. The highest BCUT2D eigenvalue weighted by atomic mass is 127. The van der Waals surface area contributed by atoms with Crippen LogP contribution < -0.4 is 31.0 Å². The minimum absolute atomic E-state index is 0.00249. The Bertz CT molecular complexity index is 1670. The van der Waals surface area contributed by atoms with Gasteiger partial charge in [-0.3, -0.25) is 19.5 Å². The number of carboxylic acid groups (broad SMARTS) is 1. The van der Waals surface area contributed by atoms with Gasteiger partial charge in [0.2, 0.25) is 0 Å². The molecule has 4 N–H and O–H groups in total. The number of anilines is 3. The molecule has 0 saturated carbocycles. The van der Waals surface area contributed by atoms with Crippen LogP contribution >= 0.6 is 22.6 Å². The van der Waals surface area contributed by atoms with E-state index in [0.717, 1.165) is 11.6 Å². The lowest BCUT2D eigenvalue weighted by molar-refractivity contribution is 0.0948. The van der Waals surface area contributed by atoms with E-state index in [1.165, 1.54) is 23.7 Å². The first kappa shape index (κ1) is 29.4. The lowest BCUT2D eigenvalue weighted by atomic mass is 10.1. The molecule has 10 nitrogen and oxygen atoms in total. The summed E-state index contributed by atoms with van der Waals surface area (Å²) in [7, 11) is 3.00. The van der Waals surface area contributed by atoms with Crippen molar-refractivity contribution in [3.8, 4) is 17.2 Å². The molecule has 4 aromatic rings. The average molecular weight is 672 g/mol. The average Bonchev–Trinajstić information content (AvgIpc) is 2.93. The van der Waals surface area contributed by atoms with Crippen LogP contribution in [0, 0.1) is 16.3 Å². The Hall–Kier alpha value is -4.59. The van der Waals surface area contributed by atoms with Gasteiger partial charge >= 0.3 is 6.09 Å². The Morgan fingerprint density at radius 3 is 2.41 bits per heavy atom. The summed E-state index contributed by atoms with van der Waals surface area (Å²) in [5.41, 5.74) is 0.938. The third kappa shape index (κ3) is 6.95. The van der Waals surface area contributed by atoms with Crippen LogP contribution in [0.15, 0.2) is 71.5 Å². The molecule has 41 heavy (non-hydrogen) atoms. The largest absolute Gasteiger partial charge is 0.497 e. The van der Waals surface area contributed by atoms with Gasteiger partial charge < -0.3 is 25.2 Å². The number of halogens is 2. The van der Waals surface area contributed by atoms with Gasteiger partial charge in [0.15, 0.2) is 0 Å². The summed E-state index contributed by atoms with van der Waals surface area (Å²) in [6, 6.07) is 17.4. The summed E-state index contributed by atoms with van der Waals surface area (Å²) in [6.45, 7) is 1.77. The topological polar surface area (TPSA) is 131 Å². The zero-order chi connectivity index (χ0) is 29.7. The van der Waals surface area contributed by atoms with Crippen molar-refractivity contribution in [3.05, 3.63) is 103 Å². The van der Waals surface area contributed by atoms with E-state index in [1.54, 1.807) is 62.6 Å². The number of ether oxygens (including phenoxy) is 2. The molecule has 12 heteroatoms. The molecule has 3 aromatic carbocycles. The molecular formula is C29H26FIN4O6. The molecule has 212 valence electrons. The van der Waals surface area contributed by atoms with E-state index < -0.39 is 23.4 Å². The molecule has 0 fully saturated rings. The first-order valence-electron chi connectivity index (χ1n) is 12.2. The molecule has 0 aliphatic carbocycles. The second-order valence-corrected chi connectivity index (χ2v) is 10.1. The van der Waals surface area contributed by atoms with Crippen molar-refractivity contribution in [2.24, 2.45) is 7.05 Å². The third-order valence-corrected chi connectivity index (χ3v) is 6.84. The predicted octanol–water partition coefficient (Wildman–Crippen LogP) is 6.00. The number of nitrogens with one attached hydrogen (secondary N) is 3. The number of hydrogen-bond donors (Lipinski definition) is 4. The summed E-state index contributed by atoms with van der Waals surface area (Å²) in [6.07, 6.45) is -1.26. The molecule has 1 heterocycles. The van der Waals surface area contributed by atoms with Gasteiger partial charge in [0, 0.05) is 28.8 Å². The Kier molecular flexibility index (Phi) is 9.12. The number of hydrogen-bond acceptors (Lipinski definition) is 6. The first-order chi connectivity index (χ1) is 19.6. The number of carbonyl (C=O) groups is 2. The quantitative estimate of drug-likeness (QED) is 0.161.